The molecular weight excluding hydrogens is 292 g/mol. The molecule has 22 heavy (non-hydrogen) atoms. The average molecular weight is 310 g/mol. The minimum Gasteiger partial charge on any atom is -0.223 e. The second-order valence-corrected chi connectivity index (χ2v) is 9.03. The van der Waals surface area contributed by atoms with Gasteiger partial charge in [0.15, 0.2) is 9.84 Å². The number of rotatable bonds is 3. The maximum Gasteiger partial charge on any atom is 0.185 e. The lowest BCUT2D eigenvalue weighted by atomic mass is 9.79. The third-order valence-corrected chi connectivity index (χ3v) is 9.04. The molecule has 112 valence electrons. The van der Waals surface area contributed by atoms with Gasteiger partial charge in [0.1, 0.15) is 0 Å². The monoisotopic (exact) mass is 310 g/mol. The average Bonchev–Trinajstić information content (AvgIpc) is 3.44. The van der Waals surface area contributed by atoms with Crippen molar-refractivity contribution in [3.8, 4) is 0 Å². The van der Waals surface area contributed by atoms with Crippen LogP contribution in [0.5, 0.6) is 0 Å². The first kappa shape index (κ1) is 12.9. The van der Waals surface area contributed by atoms with Crippen molar-refractivity contribution in [3.05, 3.63) is 66.2 Å². The molecule has 2 atom stereocenters. The van der Waals surface area contributed by atoms with Gasteiger partial charge in [-0.15, -0.1) is 0 Å². The van der Waals surface area contributed by atoms with Crippen molar-refractivity contribution in [2.75, 3.05) is 0 Å². The van der Waals surface area contributed by atoms with Crippen molar-refractivity contribution < 1.29 is 8.42 Å². The summed E-state index contributed by atoms with van der Waals surface area (Å²) in [5, 5.41) is 0. The van der Waals surface area contributed by atoms with Crippen molar-refractivity contribution in [3.63, 3.8) is 0 Å². The molecule has 0 bridgehead atoms. The predicted octanol–water partition coefficient (Wildman–Crippen LogP) is 3.58. The van der Waals surface area contributed by atoms with Crippen LogP contribution in [-0.4, -0.2) is 13.2 Å². The Morgan fingerprint density at radius 3 is 1.95 bits per heavy atom. The fourth-order valence-corrected chi connectivity index (χ4v) is 8.67. The Bertz CT molecular complexity index is 828. The molecule has 5 rings (SSSR count). The first-order valence-corrected chi connectivity index (χ1v) is 9.52. The molecule has 0 N–H and O–H groups in total. The number of hydrogen-bond acceptors (Lipinski definition) is 2. The van der Waals surface area contributed by atoms with E-state index < -0.39 is 14.6 Å². The van der Waals surface area contributed by atoms with Gasteiger partial charge in [-0.1, -0.05) is 55.0 Å². The van der Waals surface area contributed by atoms with Gasteiger partial charge >= 0.3 is 0 Å². The van der Waals surface area contributed by atoms with Gasteiger partial charge in [0.05, 0.1) is 9.64 Å². The quantitative estimate of drug-likeness (QED) is 0.868. The van der Waals surface area contributed by atoms with Gasteiger partial charge in [0, 0.05) is 5.41 Å². The molecule has 3 fully saturated rings. The molecule has 2 nitrogen and oxygen atoms in total. The molecule has 3 aliphatic rings. The van der Waals surface area contributed by atoms with E-state index in [4.69, 9.17) is 0 Å². The van der Waals surface area contributed by atoms with Gasteiger partial charge in [-0.3, -0.25) is 0 Å². The number of sulfone groups is 1. The number of benzene rings is 2. The minimum absolute atomic E-state index is 0.0822. The molecule has 2 unspecified atom stereocenters. The van der Waals surface area contributed by atoms with Crippen molar-refractivity contribution in [1.29, 1.82) is 0 Å². The van der Waals surface area contributed by atoms with Crippen LogP contribution in [0, 0.1) is 11.8 Å². The normalized spacial score (nSPS) is 38.2. The van der Waals surface area contributed by atoms with Crippen LogP contribution in [0.25, 0.3) is 0 Å². The molecule has 3 heteroatoms. The number of fused-ring (bicyclic) bond motifs is 2. The van der Waals surface area contributed by atoms with Gasteiger partial charge in [-0.2, -0.15) is 0 Å². The smallest absolute Gasteiger partial charge is 0.185 e. The maximum atomic E-state index is 13.4. The Hall–Kier alpha value is -1.61. The maximum absolute atomic E-state index is 13.4. The molecule has 2 aromatic carbocycles. The van der Waals surface area contributed by atoms with Crippen LogP contribution in [0.15, 0.2) is 65.6 Å². The van der Waals surface area contributed by atoms with E-state index in [9.17, 15) is 8.42 Å². The van der Waals surface area contributed by atoms with Crippen molar-refractivity contribution >= 4 is 9.84 Å². The first-order valence-electron chi connectivity index (χ1n) is 8.03. The topological polar surface area (TPSA) is 34.1 Å². The van der Waals surface area contributed by atoms with Crippen LogP contribution in [0.3, 0.4) is 0 Å². The van der Waals surface area contributed by atoms with Crippen LogP contribution in [-0.2, 0) is 15.3 Å². The summed E-state index contributed by atoms with van der Waals surface area (Å²) in [5.74, 6) is 0.651. The molecule has 0 aliphatic heterocycles. The van der Waals surface area contributed by atoms with Crippen molar-refractivity contribution in [2.24, 2.45) is 11.8 Å². The summed E-state index contributed by atoms with van der Waals surface area (Å²) < 4.78 is 26.2. The Labute approximate surface area is 131 Å². The van der Waals surface area contributed by atoms with E-state index in [-0.39, 0.29) is 5.41 Å². The predicted molar refractivity (Wildman–Crippen MR) is 85.3 cm³/mol. The van der Waals surface area contributed by atoms with Crippen LogP contribution < -0.4 is 0 Å². The molecule has 0 radical (unpaired) electrons. The van der Waals surface area contributed by atoms with E-state index in [1.54, 1.807) is 12.1 Å². The largest absolute Gasteiger partial charge is 0.223 e. The van der Waals surface area contributed by atoms with Crippen molar-refractivity contribution in [2.45, 2.75) is 34.3 Å². The fourth-order valence-electron chi connectivity index (χ4n) is 5.68. The third kappa shape index (κ3) is 1.12. The van der Waals surface area contributed by atoms with Gasteiger partial charge in [-0.25, -0.2) is 8.42 Å². The molecule has 2 aromatic rings. The zero-order valence-electron chi connectivity index (χ0n) is 12.3. The Balaban J connectivity index is 1.68. The van der Waals surface area contributed by atoms with Crippen molar-refractivity contribution in [1.82, 2.24) is 0 Å². The van der Waals surface area contributed by atoms with Crippen LogP contribution in [0.2, 0.25) is 0 Å². The van der Waals surface area contributed by atoms with E-state index in [2.05, 4.69) is 12.1 Å². The van der Waals surface area contributed by atoms with E-state index >= 15 is 0 Å². The minimum atomic E-state index is -3.26. The highest BCUT2D eigenvalue weighted by Gasteiger charge is 3.03. The van der Waals surface area contributed by atoms with Gasteiger partial charge in [-0.05, 0) is 42.4 Å². The van der Waals surface area contributed by atoms with Gasteiger partial charge < -0.3 is 0 Å². The highest BCUT2D eigenvalue weighted by Crippen LogP contribution is 2.94. The Kier molecular flexibility index (Phi) is 2.24. The second-order valence-electron chi connectivity index (χ2n) is 6.88. The molecule has 0 spiro atoms. The molecule has 0 aromatic heterocycles. The van der Waals surface area contributed by atoms with E-state index in [0.717, 1.165) is 12.8 Å². The fraction of sp³-hybridized carbons (Fsp3) is 0.368. The molecule has 3 aliphatic carbocycles. The lowest BCUT2D eigenvalue weighted by Gasteiger charge is -2.28. The highest BCUT2D eigenvalue weighted by atomic mass is 32.2. The zero-order valence-corrected chi connectivity index (χ0v) is 13.1. The SMILES string of the molecule is O=S(=O)(c1ccccc1)C12C3CCCC1C32c1ccccc1. The van der Waals surface area contributed by atoms with Gasteiger partial charge in [0.25, 0.3) is 0 Å². The summed E-state index contributed by atoms with van der Waals surface area (Å²) in [6.07, 6.45) is 3.28. The second kappa shape index (κ2) is 3.83. The lowest BCUT2D eigenvalue weighted by molar-refractivity contribution is 0.320. The summed E-state index contributed by atoms with van der Waals surface area (Å²) >= 11 is 0. The van der Waals surface area contributed by atoms with E-state index in [1.807, 2.05) is 36.4 Å². The molecule has 0 amide bonds. The molecule has 0 saturated heterocycles. The first-order chi connectivity index (χ1) is 10.7. The van der Waals surface area contributed by atoms with E-state index in [1.165, 1.54) is 12.0 Å². The standard InChI is InChI=1S/C19H18O2S/c20-22(21,15-10-5-2-6-11-15)19-16-12-7-13-17(19)18(16,19)14-8-3-1-4-9-14/h1-6,8-11,16-17H,7,12-13H2. The highest BCUT2D eigenvalue weighted by molar-refractivity contribution is 7.93. The summed E-state index contributed by atoms with van der Waals surface area (Å²) in [5.41, 5.74) is 1.16. The molecule has 3 saturated carbocycles. The summed E-state index contributed by atoms with van der Waals surface area (Å²) in [6.45, 7) is 0. The summed E-state index contributed by atoms with van der Waals surface area (Å²) in [7, 11) is -3.26. The summed E-state index contributed by atoms with van der Waals surface area (Å²) in [4.78, 5) is 0.502. The summed E-state index contributed by atoms with van der Waals surface area (Å²) in [6, 6.07) is 19.4. The molecule has 0 heterocycles. The Morgan fingerprint density at radius 2 is 1.36 bits per heavy atom. The van der Waals surface area contributed by atoms with Crippen LogP contribution >= 0.6 is 0 Å². The Morgan fingerprint density at radius 1 is 0.818 bits per heavy atom. The molecular formula is C19H18O2S. The van der Waals surface area contributed by atoms with Crippen LogP contribution in [0.1, 0.15) is 24.8 Å². The lowest BCUT2D eigenvalue weighted by Crippen LogP contribution is -2.29. The van der Waals surface area contributed by atoms with E-state index in [0.29, 0.717) is 16.7 Å². The number of hydrogen-bond donors (Lipinski definition) is 0. The van der Waals surface area contributed by atoms with Crippen LogP contribution in [0.4, 0.5) is 0 Å². The zero-order chi connectivity index (χ0) is 15.0. The van der Waals surface area contributed by atoms with Gasteiger partial charge in [0.2, 0.25) is 0 Å². The third-order valence-electron chi connectivity index (χ3n) is 6.35.